The maximum Gasteiger partial charge on any atom is 0.187 e. The van der Waals surface area contributed by atoms with Crippen LogP contribution in [0.4, 0.5) is 5.69 Å². The van der Waals surface area contributed by atoms with Crippen molar-refractivity contribution in [3.8, 4) is 44.5 Å². The SMILES string of the molecule is [C-]#[N+]c1cccc(-c2ccc3c(c2)C2(c4ccccc4-c4ccccc42)c2cc(-c4cc5cccnc5c5ncccc45)ccc2-3)c1. The molecular weight excluding hydrogens is 571 g/mol. The molecule has 0 N–H and O–H groups in total. The van der Waals surface area contributed by atoms with Crippen molar-refractivity contribution in [3.63, 3.8) is 0 Å². The normalized spacial score (nSPS) is 13.3. The summed E-state index contributed by atoms with van der Waals surface area (Å²) in [5.74, 6) is 0. The maximum absolute atomic E-state index is 7.61. The quantitative estimate of drug-likeness (QED) is 0.147. The van der Waals surface area contributed by atoms with Crippen LogP contribution in [0.3, 0.4) is 0 Å². The largest absolute Gasteiger partial charge is 0.254 e. The Kier molecular flexibility index (Phi) is 5.27. The highest BCUT2D eigenvalue weighted by atomic mass is 14.7. The van der Waals surface area contributed by atoms with Crippen molar-refractivity contribution in [1.29, 1.82) is 0 Å². The zero-order valence-corrected chi connectivity index (χ0v) is 25.3. The van der Waals surface area contributed by atoms with Gasteiger partial charge in [0.15, 0.2) is 5.69 Å². The molecule has 0 fully saturated rings. The van der Waals surface area contributed by atoms with Crippen LogP contribution in [0.5, 0.6) is 0 Å². The van der Waals surface area contributed by atoms with Crippen molar-refractivity contribution in [2.24, 2.45) is 0 Å². The van der Waals surface area contributed by atoms with E-state index >= 15 is 0 Å². The van der Waals surface area contributed by atoms with E-state index in [9.17, 15) is 0 Å². The van der Waals surface area contributed by atoms with Crippen LogP contribution in [0.25, 0.3) is 71.2 Å². The number of rotatable bonds is 2. The van der Waals surface area contributed by atoms with Gasteiger partial charge in [-0.2, -0.15) is 0 Å². The lowest BCUT2D eigenvalue weighted by Gasteiger charge is -2.31. The number of aromatic nitrogens is 2. The van der Waals surface area contributed by atoms with Crippen molar-refractivity contribution in [2.75, 3.05) is 0 Å². The lowest BCUT2D eigenvalue weighted by atomic mass is 9.70. The van der Waals surface area contributed by atoms with E-state index in [1.165, 1.54) is 44.5 Å². The van der Waals surface area contributed by atoms with Crippen LogP contribution in [0.15, 0.2) is 152 Å². The average Bonchev–Trinajstić information content (AvgIpc) is 3.61. The highest BCUT2D eigenvalue weighted by Gasteiger charge is 2.51. The van der Waals surface area contributed by atoms with Gasteiger partial charge in [0.05, 0.1) is 23.0 Å². The molecule has 0 atom stereocenters. The van der Waals surface area contributed by atoms with Gasteiger partial charge in [0.25, 0.3) is 0 Å². The van der Waals surface area contributed by atoms with Crippen molar-refractivity contribution in [2.45, 2.75) is 5.41 Å². The van der Waals surface area contributed by atoms with Crippen LogP contribution in [0.2, 0.25) is 0 Å². The van der Waals surface area contributed by atoms with Crippen molar-refractivity contribution in [3.05, 3.63) is 186 Å². The standard InChI is InChI=1S/C44H25N3/c1-45-31-11-6-9-27(23-31)28-17-19-34-35-20-18-29(37-24-30-10-7-21-46-42(30)43-36(37)14-8-22-47-43)26-41(35)44(40(34)25-28)38-15-4-2-12-32(38)33-13-3-5-16-39(33)44/h2-26H. The van der Waals surface area contributed by atoms with Crippen molar-refractivity contribution in [1.82, 2.24) is 9.97 Å². The van der Waals surface area contributed by atoms with Gasteiger partial charge in [-0.3, -0.25) is 9.97 Å². The molecule has 3 heteroatoms. The molecule has 0 amide bonds. The molecular formula is C44H25N3. The topological polar surface area (TPSA) is 30.1 Å². The third-order valence-corrected chi connectivity index (χ3v) is 10.2. The molecule has 47 heavy (non-hydrogen) atoms. The van der Waals surface area contributed by atoms with Crippen molar-refractivity contribution >= 4 is 27.5 Å². The third kappa shape index (κ3) is 3.44. The summed E-state index contributed by atoms with van der Waals surface area (Å²) >= 11 is 0. The van der Waals surface area contributed by atoms with Gasteiger partial charge >= 0.3 is 0 Å². The molecule has 6 aromatic carbocycles. The second-order valence-electron chi connectivity index (χ2n) is 12.4. The van der Waals surface area contributed by atoms with Gasteiger partial charge in [-0.1, -0.05) is 103 Å². The highest BCUT2D eigenvalue weighted by molar-refractivity contribution is 6.10. The molecule has 0 aliphatic heterocycles. The van der Waals surface area contributed by atoms with E-state index < -0.39 is 5.41 Å². The van der Waals surface area contributed by atoms with Gasteiger partial charge in [0.2, 0.25) is 0 Å². The number of hydrogen-bond acceptors (Lipinski definition) is 2. The second-order valence-corrected chi connectivity index (χ2v) is 12.4. The molecule has 2 aromatic heterocycles. The molecule has 2 heterocycles. The monoisotopic (exact) mass is 595 g/mol. The molecule has 2 aliphatic carbocycles. The molecule has 1 spiro atoms. The predicted molar refractivity (Wildman–Crippen MR) is 190 cm³/mol. The summed E-state index contributed by atoms with van der Waals surface area (Å²) in [5, 5.41) is 2.17. The van der Waals surface area contributed by atoms with Crippen LogP contribution < -0.4 is 0 Å². The van der Waals surface area contributed by atoms with Gasteiger partial charge in [-0.05, 0) is 103 Å². The smallest absolute Gasteiger partial charge is 0.187 e. The van der Waals surface area contributed by atoms with Gasteiger partial charge in [0, 0.05) is 23.2 Å². The minimum atomic E-state index is -0.492. The fraction of sp³-hybridized carbons (Fsp3) is 0.0227. The van der Waals surface area contributed by atoms with E-state index in [2.05, 4.69) is 114 Å². The molecule has 0 radical (unpaired) electrons. The first-order valence-electron chi connectivity index (χ1n) is 15.9. The predicted octanol–water partition coefficient (Wildman–Crippen LogP) is 11.0. The Morgan fingerprint density at radius 2 is 1.06 bits per heavy atom. The highest BCUT2D eigenvalue weighted by Crippen LogP contribution is 2.63. The molecule has 216 valence electrons. The first kappa shape index (κ1) is 25.9. The van der Waals surface area contributed by atoms with Crippen LogP contribution in [-0.2, 0) is 5.41 Å². The van der Waals surface area contributed by atoms with E-state index in [1.54, 1.807) is 0 Å². The Morgan fingerprint density at radius 1 is 0.447 bits per heavy atom. The van der Waals surface area contributed by atoms with Gasteiger partial charge in [-0.25, -0.2) is 4.85 Å². The minimum Gasteiger partial charge on any atom is -0.254 e. The van der Waals surface area contributed by atoms with Crippen LogP contribution in [-0.4, -0.2) is 9.97 Å². The van der Waals surface area contributed by atoms with Crippen LogP contribution in [0, 0.1) is 6.57 Å². The summed E-state index contributed by atoms with van der Waals surface area (Å²) in [6.07, 6.45) is 3.69. The first-order chi connectivity index (χ1) is 23.3. The Balaban J connectivity index is 1.30. The molecule has 8 aromatic rings. The number of fused-ring (bicyclic) bond motifs is 13. The summed E-state index contributed by atoms with van der Waals surface area (Å²) in [7, 11) is 0. The molecule has 0 saturated heterocycles. The van der Waals surface area contributed by atoms with E-state index in [0.717, 1.165) is 44.1 Å². The number of benzene rings is 6. The lowest BCUT2D eigenvalue weighted by molar-refractivity contribution is 0.794. The molecule has 2 aliphatic rings. The molecule has 0 bridgehead atoms. The zero-order valence-electron chi connectivity index (χ0n) is 25.3. The summed E-state index contributed by atoms with van der Waals surface area (Å²) in [5.41, 5.74) is 16.7. The number of hydrogen-bond donors (Lipinski definition) is 0. The van der Waals surface area contributed by atoms with E-state index in [-0.39, 0.29) is 0 Å². The van der Waals surface area contributed by atoms with Gasteiger partial charge < -0.3 is 0 Å². The zero-order chi connectivity index (χ0) is 31.1. The number of nitrogens with zero attached hydrogens (tertiary/aromatic N) is 3. The summed E-state index contributed by atoms with van der Waals surface area (Å²) < 4.78 is 0. The molecule has 10 rings (SSSR count). The van der Waals surface area contributed by atoms with E-state index in [0.29, 0.717) is 5.69 Å². The molecule has 0 saturated carbocycles. The van der Waals surface area contributed by atoms with Gasteiger partial charge in [0.1, 0.15) is 0 Å². The summed E-state index contributed by atoms with van der Waals surface area (Å²) in [6, 6.07) is 50.2. The maximum atomic E-state index is 7.61. The Bertz CT molecular complexity index is 2610. The van der Waals surface area contributed by atoms with Crippen molar-refractivity contribution < 1.29 is 0 Å². The Hall–Kier alpha value is -6.37. The van der Waals surface area contributed by atoms with Crippen LogP contribution >= 0.6 is 0 Å². The fourth-order valence-electron chi connectivity index (χ4n) is 8.26. The number of pyridine rings is 2. The van der Waals surface area contributed by atoms with E-state index in [4.69, 9.17) is 16.5 Å². The van der Waals surface area contributed by atoms with E-state index in [1.807, 2.05) is 42.7 Å². The third-order valence-electron chi connectivity index (χ3n) is 10.2. The summed E-state index contributed by atoms with van der Waals surface area (Å²) in [4.78, 5) is 13.2. The lowest BCUT2D eigenvalue weighted by Crippen LogP contribution is -2.26. The molecule has 0 unspecified atom stereocenters. The Labute approximate surface area is 272 Å². The summed E-state index contributed by atoms with van der Waals surface area (Å²) in [6.45, 7) is 7.61. The minimum absolute atomic E-state index is 0.492. The Morgan fingerprint density at radius 3 is 1.81 bits per heavy atom. The molecule has 3 nitrogen and oxygen atoms in total. The van der Waals surface area contributed by atoms with Crippen LogP contribution in [0.1, 0.15) is 22.3 Å². The average molecular weight is 596 g/mol. The first-order valence-corrected chi connectivity index (χ1v) is 15.9. The fourth-order valence-corrected chi connectivity index (χ4v) is 8.26. The van der Waals surface area contributed by atoms with Gasteiger partial charge in [-0.15, -0.1) is 0 Å². The second kappa shape index (κ2) is 9.57.